The van der Waals surface area contributed by atoms with Gasteiger partial charge in [-0.15, -0.1) is 0 Å². The molecule has 0 amide bonds. The van der Waals surface area contributed by atoms with E-state index in [1.807, 2.05) is 48.5 Å². The Hall–Kier alpha value is -4.46. The summed E-state index contributed by atoms with van der Waals surface area (Å²) in [5, 5.41) is 3.73. The fourth-order valence-corrected chi connectivity index (χ4v) is 5.70. The molecule has 1 heteroatoms. The molecule has 7 rings (SSSR count). The molecule has 184 valence electrons. The molecular formula is C38H25Br. The summed E-state index contributed by atoms with van der Waals surface area (Å²) in [5.41, 5.74) is 7.63. The van der Waals surface area contributed by atoms with Crippen molar-refractivity contribution in [3.8, 4) is 44.5 Å². The van der Waals surface area contributed by atoms with Crippen molar-refractivity contribution >= 4 is 37.5 Å². The first-order valence-corrected chi connectivity index (χ1v) is 13.7. The number of hydrogen-bond donors (Lipinski definition) is 0. The lowest BCUT2D eigenvalue weighted by Crippen LogP contribution is -1.92. The van der Waals surface area contributed by atoms with Gasteiger partial charge >= 0.3 is 0 Å². The van der Waals surface area contributed by atoms with Crippen LogP contribution in [0.4, 0.5) is 0 Å². The molecule has 7 aromatic carbocycles. The average Bonchev–Trinajstić information content (AvgIpc) is 3.06. The molecule has 0 nitrogen and oxygen atoms in total. The van der Waals surface area contributed by atoms with Crippen molar-refractivity contribution in [1.29, 1.82) is 0 Å². The predicted molar refractivity (Wildman–Crippen MR) is 171 cm³/mol. The quantitative estimate of drug-likeness (QED) is 0.186. The van der Waals surface area contributed by atoms with E-state index in [4.69, 9.17) is 5.48 Å². The minimum atomic E-state index is -0.0868. The zero-order valence-electron chi connectivity index (χ0n) is 25.0. The van der Waals surface area contributed by atoms with Crippen molar-refractivity contribution in [3.05, 3.63) is 156 Å². The standard InChI is InChI=1S/C38H25Br/c39-32-21-19-28(20-22-32)37-33-15-7-9-17-35(33)38(36-18-10-8-16-34(36)37)31-24-29(26-11-3-1-4-12-26)23-30(25-31)27-13-5-2-6-14-27/h1-25H/i19D,20D,21D,22D. The smallest absolute Gasteiger partial charge is 0.0622 e. The van der Waals surface area contributed by atoms with E-state index < -0.39 is 0 Å². The first-order valence-electron chi connectivity index (χ1n) is 14.9. The van der Waals surface area contributed by atoms with Crippen molar-refractivity contribution in [2.75, 3.05) is 0 Å². The van der Waals surface area contributed by atoms with Gasteiger partial charge in [0, 0.05) is 4.47 Å². The third kappa shape index (κ3) is 4.35. The summed E-state index contributed by atoms with van der Waals surface area (Å²) in [7, 11) is 0. The van der Waals surface area contributed by atoms with Crippen molar-refractivity contribution in [1.82, 2.24) is 0 Å². The first kappa shape index (κ1) is 19.6. The highest BCUT2D eigenvalue weighted by Crippen LogP contribution is 2.45. The van der Waals surface area contributed by atoms with Gasteiger partial charge in [0.25, 0.3) is 0 Å². The van der Waals surface area contributed by atoms with Crippen LogP contribution in [0.25, 0.3) is 66.1 Å². The molecule has 0 spiro atoms. The minimum absolute atomic E-state index is 0.0617. The SMILES string of the molecule is [2H]c1c([2H])c(-c2c3ccccc3c(-c3cc(-c4ccccc4)cc(-c4ccccc4)c3)c3ccccc23)c([2H])c([2H])c1Br. The van der Waals surface area contributed by atoms with Gasteiger partial charge in [-0.1, -0.05) is 137 Å². The molecule has 0 fully saturated rings. The van der Waals surface area contributed by atoms with E-state index in [-0.39, 0.29) is 28.6 Å². The summed E-state index contributed by atoms with van der Waals surface area (Å²) in [4.78, 5) is 0. The average molecular weight is 566 g/mol. The maximum atomic E-state index is 8.91. The lowest BCUT2D eigenvalue weighted by atomic mass is 9.84. The molecule has 0 radical (unpaired) electrons. The van der Waals surface area contributed by atoms with Gasteiger partial charge in [0.1, 0.15) is 0 Å². The molecule has 0 heterocycles. The highest BCUT2D eigenvalue weighted by atomic mass is 79.9. The van der Waals surface area contributed by atoms with Crippen LogP contribution in [0.3, 0.4) is 0 Å². The number of benzene rings is 7. The summed E-state index contributed by atoms with van der Waals surface area (Å²) in [6.07, 6.45) is 0. The summed E-state index contributed by atoms with van der Waals surface area (Å²) in [6.45, 7) is 0. The van der Waals surface area contributed by atoms with E-state index >= 15 is 0 Å². The van der Waals surface area contributed by atoms with Crippen molar-refractivity contribution in [2.45, 2.75) is 0 Å². The minimum Gasteiger partial charge on any atom is -0.0622 e. The molecule has 0 N–H and O–H groups in total. The Morgan fingerprint density at radius 1 is 0.359 bits per heavy atom. The van der Waals surface area contributed by atoms with Gasteiger partial charge in [-0.25, -0.2) is 0 Å². The largest absolute Gasteiger partial charge is 0.0635 e. The molecule has 0 aromatic heterocycles. The van der Waals surface area contributed by atoms with Crippen molar-refractivity contribution in [2.24, 2.45) is 0 Å². The van der Waals surface area contributed by atoms with Gasteiger partial charge in [0.2, 0.25) is 0 Å². The Morgan fingerprint density at radius 3 is 1.15 bits per heavy atom. The maximum Gasteiger partial charge on any atom is 0.0635 e. The van der Waals surface area contributed by atoms with Crippen LogP contribution in [0.15, 0.2) is 156 Å². The fourth-order valence-electron chi connectivity index (χ4n) is 5.50. The topological polar surface area (TPSA) is 0 Å². The third-order valence-corrected chi connectivity index (χ3v) is 7.61. The van der Waals surface area contributed by atoms with E-state index in [2.05, 4.69) is 94.8 Å². The number of hydrogen-bond acceptors (Lipinski definition) is 0. The van der Waals surface area contributed by atoms with E-state index in [1.165, 1.54) is 0 Å². The van der Waals surface area contributed by atoms with Crippen LogP contribution in [0, 0.1) is 0 Å². The van der Waals surface area contributed by atoms with Crippen LogP contribution in [0.5, 0.6) is 0 Å². The molecule has 0 unspecified atom stereocenters. The summed E-state index contributed by atoms with van der Waals surface area (Å²) >= 11 is 3.27. The predicted octanol–water partition coefficient (Wildman–Crippen LogP) is 11.4. The molecule has 7 aromatic rings. The van der Waals surface area contributed by atoms with E-state index in [9.17, 15) is 0 Å². The summed E-state index contributed by atoms with van der Waals surface area (Å²) < 4.78 is 35.1. The van der Waals surface area contributed by atoms with Crippen LogP contribution in [0.1, 0.15) is 5.48 Å². The molecule has 0 saturated heterocycles. The highest BCUT2D eigenvalue weighted by Gasteiger charge is 2.17. The van der Waals surface area contributed by atoms with Crippen LogP contribution in [-0.4, -0.2) is 0 Å². The highest BCUT2D eigenvalue weighted by molar-refractivity contribution is 9.10. The zero-order valence-corrected chi connectivity index (χ0v) is 22.6. The van der Waals surface area contributed by atoms with E-state index in [0.29, 0.717) is 11.1 Å². The van der Waals surface area contributed by atoms with Gasteiger partial charge in [-0.3, -0.25) is 0 Å². The van der Waals surface area contributed by atoms with E-state index in [0.717, 1.165) is 54.9 Å². The molecule has 0 aliphatic carbocycles. The number of fused-ring (bicyclic) bond motifs is 2. The number of rotatable bonds is 4. The first-order chi connectivity index (χ1) is 20.9. The second-order valence-electron chi connectivity index (χ2n) is 9.56. The van der Waals surface area contributed by atoms with Crippen LogP contribution in [-0.2, 0) is 0 Å². The molecule has 0 saturated carbocycles. The van der Waals surface area contributed by atoms with Gasteiger partial charge in [-0.2, -0.15) is 0 Å². The van der Waals surface area contributed by atoms with Crippen molar-refractivity contribution < 1.29 is 5.48 Å². The second-order valence-corrected chi connectivity index (χ2v) is 10.4. The van der Waals surface area contributed by atoms with Gasteiger partial charge in [0.15, 0.2) is 0 Å². The molecule has 39 heavy (non-hydrogen) atoms. The summed E-state index contributed by atoms with van der Waals surface area (Å²) in [5.74, 6) is 0. The van der Waals surface area contributed by atoms with Gasteiger partial charge in [0.05, 0.1) is 5.48 Å². The molecule has 0 aliphatic rings. The lowest BCUT2D eigenvalue weighted by Gasteiger charge is -2.19. The third-order valence-electron chi connectivity index (χ3n) is 7.21. The number of halogens is 1. The monoisotopic (exact) mass is 564 g/mol. The molecule has 0 aliphatic heterocycles. The molecule has 0 bridgehead atoms. The summed E-state index contributed by atoms with van der Waals surface area (Å²) in [6, 6.07) is 43.4. The molecule has 0 atom stereocenters. The zero-order chi connectivity index (χ0) is 29.7. The Labute approximate surface area is 243 Å². The second kappa shape index (κ2) is 10.0. The Balaban J connectivity index is 1.62. The Morgan fingerprint density at radius 2 is 0.718 bits per heavy atom. The molecular weight excluding hydrogens is 536 g/mol. The normalized spacial score (nSPS) is 12.6. The van der Waals surface area contributed by atoms with Crippen LogP contribution < -0.4 is 0 Å². The van der Waals surface area contributed by atoms with Crippen LogP contribution in [0.2, 0.25) is 0 Å². The van der Waals surface area contributed by atoms with Gasteiger partial charge in [-0.05, 0) is 96.3 Å². The lowest BCUT2D eigenvalue weighted by molar-refractivity contribution is 1.58. The van der Waals surface area contributed by atoms with E-state index in [1.54, 1.807) is 0 Å². The van der Waals surface area contributed by atoms with Crippen molar-refractivity contribution in [3.63, 3.8) is 0 Å². The Bertz CT molecular complexity index is 2030. The Kier molecular flexibility index (Phi) is 5.03. The maximum absolute atomic E-state index is 8.91. The van der Waals surface area contributed by atoms with Gasteiger partial charge < -0.3 is 0 Å². The fraction of sp³-hybridized carbons (Fsp3) is 0. The van der Waals surface area contributed by atoms with Crippen LogP contribution >= 0.6 is 15.9 Å².